The second-order valence-electron chi connectivity index (χ2n) is 4.45. The molecule has 0 amide bonds. The molecule has 0 unspecified atom stereocenters. The van der Waals surface area contributed by atoms with Crippen LogP contribution >= 0.6 is 11.6 Å². The Labute approximate surface area is 124 Å². The van der Waals surface area contributed by atoms with Gasteiger partial charge in [-0.2, -0.15) is 4.98 Å². The standard InChI is InChI=1S/C15H18ClN3O/c1-12-10-14(20-2)18-15(17-12)19(9-8-16)11-13-6-4-3-5-7-13/h3-7,10H,8-9,11H2,1-2H3. The van der Waals surface area contributed by atoms with Crippen LogP contribution in [0.25, 0.3) is 0 Å². The highest BCUT2D eigenvalue weighted by atomic mass is 35.5. The largest absolute Gasteiger partial charge is 0.481 e. The average molecular weight is 292 g/mol. The predicted molar refractivity (Wildman–Crippen MR) is 81.5 cm³/mol. The van der Waals surface area contributed by atoms with E-state index in [1.165, 1.54) is 5.56 Å². The first-order chi connectivity index (χ1) is 9.72. The van der Waals surface area contributed by atoms with Gasteiger partial charge in [-0.25, -0.2) is 4.98 Å². The lowest BCUT2D eigenvalue weighted by Crippen LogP contribution is -2.27. The molecule has 20 heavy (non-hydrogen) atoms. The molecule has 0 N–H and O–H groups in total. The minimum atomic E-state index is 0.520. The fraction of sp³-hybridized carbons (Fsp3) is 0.333. The molecule has 1 aromatic carbocycles. The molecule has 2 rings (SSSR count). The Morgan fingerprint density at radius 2 is 1.95 bits per heavy atom. The van der Waals surface area contributed by atoms with Gasteiger partial charge in [0.05, 0.1) is 7.11 Å². The molecule has 0 aliphatic rings. The van der Waals surface area contributed by atoms with Crippen LogP contribution in [0.4, 0.5) is 5.95 Å². The van der Waals surface area contributed by atoms with Crippen LogP contribution in [0.1, 0.15) is 11.3 Å². The van der Waals surface area contributed by atoms with Crippen LogP contribution in [0, 0.1) is 6.92 Å². The quantitative estimate of drug-likeness (QED) is 0.767. The molecule has 1 aromatic heterocycles. The molecule has 0 atom stereocenters. The molecule has 0 fully saturated rings. The number of aromatic nitrogens is 2. The molecular formula is C15H18ClN3O. The van der Waals surface area contributed by atoms with Crippen LogP contribution in [-0.2, 0) is 6.54 Å². The first-order valence-corrected chi connectivity index (χ1v) is 7.01. The van der Waals surface area contributed by atoms with E-state index in [4.69, 9.17) is 16.3 Å². The normalized spacial score (nSPS) is 10.3. The van der Waals surface area contributed by atoms with Gasteiger partial charge < -0.3 is 9.64 Å². The number of aryl methyl sites for hydroxylation is 1. The maximum absolute atomic E-state index is 5.90. The van der Waals surface area contributed by atoms with Gasteiger partial charge in [-0.05, 0) is 12.5 Å². The summed E-state index contributed by atoms with van der Waals surface area (Å²) in [5.41, 5.74) is 2.07. The van der Waals surface area contributed by atoms with Gasteiger partial charge in [-0.15, -0.1) is 11.6 Å². The molecule has 0 saturated carbocycles. The molecule has 0 aliphatic heterocycles. The molecule has 0 aliphatic carbocycles. The summed E-state index contributed by atoms with van der Waals surface area (Å²) in [6, 6.07) is 12.0. The Bertz CT molecular complexity index is 548. The lowest BCUT2D eigenvalue weighted by molar-refractivity contribution is 0.396. The van der Waals surface area contributed by atoms with E-state index in [-0.39, 0.29) is 0 Å². The fourth-order valence-corrected chi connectivity index (χ4v) is 2.13. The molecule has 4 nitrogen and oxygen atoms in total. The van der Waals surface area contributed by atoms with Crippen molar-refractivity contribution in [2.75, 3.05) is 24.4 Å². The number of anilines is 1. The summed E-state index contributed by atoms with van der Waals surface area (Å²) in [5, 5.41) is 0. The van der Waals surface area contributed by atoms with Crippen molar-refractivity contribution in [2.24, 2.45) is 0 Å². The van der Waals surface area contributed by atoms with E-state index in [1.807, 2.05) is 31.2 Å². The van der Waals surface area contributed by atoms with Gasteiger partial charge in [0.2, 0.25) is 11.8 Å². The van der Waals surface area contributed by atoms with Crippen LogP contribution in [0.3, 0.4) is 0 Å². The zero-order valence-electron chi connectivity index (χ0n) is 11.7. The van der Waals surface area contributed by atoms with Crippen molar-refractivity contribution in [2.45, 2.75) is 13.5 Å². The first kappa shape index (κ1) is 14.6. The molecule has 1 heterocycles. The lowest BCUT2D eigenvalue weighted by atomic mass is 10.2. The number of benzene rings is 1. The van der Waals surface area contributed by atoms with Gasteiger partial charge in [0.15, 0.2) is 0 Å². The van der Waals surface area contributed by atoms with Gasteiger partial charge in [0, 0.05) is 30.7 Å². The van der Waals surface area contributed by atoms with E-state index < -0.39 is 0 Å². The highest BCUT2D eigenvalue weighted by molar-refractivity contribution is 6.18. The molecule has 106 valence electrons. The minimum Gasteiger partial charge on any atom is -0.481 e. The maximum Gasteiger partial charge on any atom is 0.229 e. The highest BCUT2D eigenvalue weighted by Crippen LogP contribution is 2.17. The topological polar surface area (TPSA) is 38.2 Å². The summed E-state index contributed by atoms with van der Waals surface area (Å²) in [6.07, 6.45) is 0. The third kappa shape index (κ3) is 3.84. The number of alkyl halides is 1. The van der Waals surface area contributed by atoms with Crippen LogP contribution in [0.2, 0.25) is 0 Å². The minimum absolute atomic E-state index is 0.520. The Kier molecular flexibility index (Phi) is 5.18. The van der Waals surface area contributed by atoms with Gasteiger partial charge in [-0.3, -0.25) is 0 Å². The third-order valence-corrected chi connectivity index (χ3v) is 3.05. The average Bonchev–Trinajstić information content (AvgIpc) is 2.47. The number of halogens is 1. The second-order valence-corrected chi connectivity index (χ2v) is 4.83. The Morgan fingerprint density at radius 1 is 1.20 bits per heavy atom. The molecular weight excluding hydrogens is 274 g/mol. The zero-order valence-corrected chi connectivity index (χ0v) is 12.5. The van der Waals surface area contributed by atoms with Crippen molar-refractivity contribution in [3.05, 3.63) is 47.7 Å². The van der Waals surface area contributed by atoms with Crippen molar-refractivity contribution in [3.8, 4) is 5.88 Å². The number of hydrogen-bond donors (Lipinski definition) is 0. The van der Waals surface area contributed by atoms with Crippen molar-refractivity contribution in [3.63, 3.8) is 0 Å². The molecule has 0 spiro atoms. The van der Waals surface area contributed by atoms with Gasteiger partial charge in [0.1, 0.15) is 0 Å². The van der Waals surface area contributed by atoms with Crippen molar-refractivity contribution < 1.29 is 4.74 Å². The van der Waals surface area contributed by atoms with Crippen molar-refractivity contribution in [1.82, 2.24) is 9.97 Å². The predicted octanol–water partition coefficient (Wildman–Crippen LogP) is 3.04. The second kappa shape index (κ2) is 7.10. The molecule has 0 radical (unpaired) electrons. The number of rotatable bonds is 6. The summed E-state index contributed by atoms with van der Waals surface area (Å²) in [5.74, 6) is 1.73. The zero-order chi connectivity index (χ0) is 14.4. The number of methoxy groups -OCH3 is 1. The molecule has 0 bridgehead atoms. The number of hydrogen-bond acceptors (Lipinski definition) is 4. The first-order valence-electron chi connectivity index (χ1n) is 6.47. The van der Waals surface area contributed by atoms with E-state index in [0.29, 0.717) is 24.3 Å². The van der Waals surface area contributed by atoms with Gasteiger partial charge >= 0.3 is 0 Å². The Balaban J connectivity index is 2.26. The van der Waals surface area contributed by atoms with Gasteiger partial charge in [-0.1, -0.05) is 30.3 Å². The molecule has 5 heteroatoms. The Hall–Kier alpha value is -1.81. The monoisotopic (exact) mass is 291 g/mol. The molecule has 2 aromatic rings. The highest BCUT2D eigenvalue weighted by Gasteiger charge is 2.12. The van der Waals surface area contributed by atoms with Crippen LogP contribution in [0.5, 0.6) is 5.88 Å². The summed E-state index contributed by atoms with van der Waals surface area (Å²) in [6.45, 7) is 3.33. The number of ether oxygens (including phenoxy) is 1. The van der Waals surface area contributed by atoms with Crippen LogP contribution in [-0.4, -0.2) is 29.5 Å². The van der Waals surface area contributed by atoms with Crippen LogP contribution in [0.15, 0.2) is 36.4 Å². The van der Waals surface area contributed by atoms with Crippen molar-refractivity contribution >= 4 is 17.5 Å². The summed E-state index contributed by atoms with van der Waals surface area (Å²) in [7, 11) is 1.61. The smallest absolute Gasteiger partial charge is 0.229 e. The van der Waals surface area contributed by atoms with Gasteiger partial charge in [0.25, 0.3) is 0 Å². The fourth-order valence-electron chi connectivity index (χ4n) is 1.93. The van der Waals surface area contributed by atoms with E-state index >= 15 is 0 Å². The van der Waals surface area contributed by atoms with E-state index in [1.54, 1.807) is 7.11 Å². The SMILES string of the molecule is COc1cc(C)nc(N(CCCl)Cc2ccccc2)n1. The lowest BCUT2D eigenvalue weighted by Gasteiger charge is -2.22. The van der Waals surface area contributed by atoms with E-state index in [0.717, 1.165) is 12.2 Å². The maximum atomic E-state index is 5.90. The summed E-state index contributed by atoms with van der Waals surface area (Å²) >= 11 is 5.90. The van der Waals surface area contributed by atoms with E-state index in [9.17, 15) is 0 Å². The van der Waals surface area contributed by atoms with Crippen molar-refractivity contribution in [1.29, 1.82) is 0 Å². The third-order valence-electron chi connectivity index (χ3n) is 2.88. The summed E-state index contributed by atoms with van der Waals surface area (Å²) in [4.78, 5) is 10.9. The molecule has 0 saturated heterocycles. The van der Waals surface area contributed by atoms with E-state index in [2.05, 4.69) is 27.0 Å². The number of nitrogens with zero attached hydrogens (tertiary/aromatic N) is 3. The summed E-state index contributed by atoms with van der Waals surface area (Å²) < 4.78 is 5.20. The van der Waals surface area contributed by atoms with Crippen LogP contribution < -0.4 is 9.64 Å². The Morgan fingerprint density at radius 3 is 2.60 bits per heavy atom.